The molecule has 2 aromatic heterocycles. The molecule has 1 aliphatic rings. The maximum absolute atomic E-state index is 13.6. The molecule has 1 fully saturated rings. The van der Waals surface area contributed by atoms with Gasteiger partial charge < -0.3 is 25.5 Å². The second-order valence-corrected chi connectivity index (χ2v) is 8.75. The quantitative estimate of drug-likeness (QED) is 0.354. The number of halogens is 3. The van der Waals surface area contributed by atoms with Gasteiger partial charge in [0.1, 0.15) is 5.82 Å². The van der Waals surface area contributed by atoms with E-state index in [9.17, 15) is 18.0 Å². The summed E-state index contributed by atoms with van der Waals surface area (Å²) in [6.45, 7) is 1.71. The van der Waals surface area contributed by atoms with E-state index in [1.54, 1.807) is 25.1 Å². The van der Waals surface area contributed by atoms with Gasteiger partial charge in [-0.3, -0.25) is 4.79 Å². The van der Waals surface area contributed by atoms with Crippen LogP contribution >= 0.6 is 0 Å². The fourth-order valence-corrected chi connectivity index (χ4v) is 3.68. The topological polar surface area (TPSA) is 128 Å². The lowest BCUT2D eigenvalue weighted by Gasteiger charge is -2.34. The molecule has 1 amide bonds. The Labute approximate surface area is 208 Å². The minimum Gasteiger partial charge on any atom is -0.369 e. The van der Waals surface area contributed by atoms with Gasteiger partial charge in [0, 0.05) is 23.5 Å². The fourth-order valence-electron chi connectivity index (χ4n) is 3.68. The molecular formula is C25H21F3N6O3. The van der Waals surface area contributed by atoms with Gasteiger partial charge in [0.05, 0.1) is 35.7 Å². The van der Waals surface area contributed by atoms with Crippen LogP contribution in [-0.4, -0.2) is 39.1 Å². The molecule has 190 valence electrons. The summed E-state index contributed by atoms with van der Waals surface area (Å²) in [4.78, 5) is 28.1. The Kier molecular flexibility index (Phi) is 6.36. The SMILES string of the molecule is CC1(C(N)=O)COC(c2nc(-c3ccc(F)cc3)c(-c3ccnc(Nc4ccc(F)c(F)c4)n3)[nH]2)OC1. The van der Waals surface area contributed by atoms with Gasteiger partial charge in [-0.15, -0.1) is 0 Å². The number of ether oxygens (including phenoxy) is 2. The molecule has 0 unspecified atom stereocenters. The van der Waals surface area contributed by atoms with Crippen molar-refractivity contribution >= 4 is 17.5 Å². The molecule has 0 saturated carbocycles. The molecule has 9 nitrogen and oxygen atoms in total. The lowest BCUT2D eigenvalue weighted by atomic mass is 9.91. The van der Waals surface area contributed by atoms with Crippen molar-refractivity contribution in [3.63, 3.8) is 0 Å². The van der Waals surface area contributed by atoms with E-state index < -0.39 is 35.1 Å². The van der Waals surface area contributed by atoms with Gasteiger partial charge in [-0.1, -0.05) is 0 Å². The molecule has 0 spiro atoms. The highest BCUT2D eigenvalue weighted by Gasteiger charge is 2.39. The van der Waals surface area contributed by atoms with Crippen LogP contribution in [-0.2, 0) is 14.3 Å². The van der Waals surface area contributed by atoms with Crippen molar-refractivity contribution in [2.75, 3.05) is 18.5 Å². The number of imidazole rings is 1. The molecule has 12 heteroatoms. The number of aromatic nitrogens is 4. The van der Waals surface area contributed by atoms with Gasteiger partial charge in [0.25, 0.3) is 0 Å². The summed E-state index contributed by atoms with van der Waals surface area (Å²) in [6, 6.07) is 10.7. The van der Waals surface area contributed by atoms with Crippen LogP contribution in [0.2, 0.25) is 0 Å². The van der Waals surface area contributed by atoms with E-state index >= 15 is 0 Å². The first-order valence-corrected chi connectivity index (χ1v) is 11.2. The number of hydrogen-bond acceptors (Lipinski definition) is 7. The lowest BCUT2D eigenvalue weighted by Crippen LogP contribution is -2.46. The van der Waals surface area contributed by atoms with Crippen LogP contribution in [0.1, 0.15) is 19.0 Å². The zero-order chi connectivity index (χ0) is 26.2. The van der Waals surface area contributed by atoms with Crippen LogP contribution < -0.4 is 11.1 Å². The van der Waals surface area contributed by atoms with Crippen molar-refractivity contribution in [2.24, 2.45) is 11.1 Å². The van der Waals surface area contributed by atoms with Crippen molar-refractivity contribution in [1.82, 2.24) is 19.9 Å². The second kappa shape index (κ2) is 9.64. The van der Waals surface area contributed by atoms with Gasteiger partial charge in [-0.2, -0.15) is 0 Å². The Balaban J connectivity index is 1.50. The van der Waals surface area contributed by atoms with E-state index in [4.69, 9.17) is 15.2 Å². The third kappa shape index (κ3) is 5.01. The number of aromatic amines is 1. The van der Waals surface area contributed by atoms with E-state index in [0.717, 1.165) is 12.1 Å². The predicted molar refractivity (Wildman–Crippen MR) is 127 cm³/mol. The summed E-state index contributed by atoms with van der Waals surface area (Å²) >= 11 is 0. The zero-order valence-corrected chi connectivity index (χ0v) is 19.5. The van der Waals surface area contributed by atoms with Gasteiger partial charge in [0.2, 0.25) is 18.1 Å². The number of carbonyl (C=O) groups is 1. The Morgan fingerprint density at radius 2 is 1.78 bits per heavy atom. The molecule has 0 aliphatic carbocycles. The first-order chi connectivity index (χ1) is 17.7. The van der Waals surface area contributed by atoms with Crippen LogP contribution in [0, 0.1) is 22.9 Å². The molecule has 0 bridgehead atoms. The van der Waals surface area contributed by atoms with Crippen molar-refractivity contribution in [1.29, 1.82) is 0 Å². The van der Waals surface area contributed by atoms with Crippen molar-refractivity contribution in [3.8, 4) is 22.6 Å². The van der Waals surface area contributed by atoms with Gasteiger partial charge in [-0.05, 0) is 49.4 Å². The van der Waals surface area contributed by atoms with Crippen molar-refractivity contribution in [3.05, 3.63) is 78.0 Å². The number of benzene rings is 2. The monoisotopic (exact) mass is 510 g/mol. The van der Waals surface area contributed by atoms with Crippen molar-refractivity contribution < 1.29 is 27.4 Å². The molecule has 5 rings (SSSR count). The number of nitrogens with one attached hydrogen (secondary N) is 2. The number of carbonyl (C=O) groups excluding carboxylic acids is 1. The molecule has 1 saturated heterocycles. The summed E-state index contributed by atoms with van der Waals surface area (Å²) in [5.41, 5.74) is 6.60. The largest absolute Gasteiger partial charge is 0.369 e. The standard InChI is InChI=1S/C25H21F3N6O3/c1-25(23(29)35)11-36-22(37-12-25)21-33-19(13-2-4-14(26)5-3-13)20(34-21)18-8-9-30-24(32-18)31-15-6-7-16(27)17(28)10-15/h2-10,22H,11-12H2,1H3,(H2,29,35)(H,33,34)(H,30,31,32). The van der Waals surface area contributed by atoms with Crippen LogP contribution in [0.5, 0.6) is 0 Å². The van der Waals surface area contributed by atoms with E-state index in [2.05, 4.69) is 25.3 Å². The summed E-state index contributed by atoms with van der Waals surface area (Å²) < 4.78 is 52.0. The number of H-pyrrole nitrogens is 1. The molecule has 37 heavy (non-hydrogen) atoms. The zero-order valence-electron chi connectivity index (χ0n) is 19.5. The van der Waals surface area contributed by atoms with E-state index in [0.29, 0.717) is 28.5 Å². The molecule has 3 heterocycles. The number of nitrogens with zero attached hydrogens (tertiary/aromatic N) is 3. The third-order valence-electron chi connectivity index (χ3n) is 5.85. The molecule has 4 N–H and O–H groups in total. The van der Waals surface area contributed by atoms with Crippen molar-refractivity contribution in [2.45, 2.75) is 13.2 Å². The molecular weight excluding hydrogens is 489 g/mol. The Bertz CT molecular complexity index is 1450. The Hall–Kier alpha value is -4.29. The van der Waals surface area contributed by atoms with E-state index in [1.165, 1.54) is 24.4 Å². The molecule has 4 aromatic rings. The molecule has 1 aliphatic heterocycles. The van der Waals surface area contributed by atoms with Crippen LogP contribution in [0.15, 0.2) is 54.7 Å². The smallest absolute Gasteiger partial charge is 0.228 e. The second-order valence-electron chi connectivity index (χ2n) is 8.75. The number of nitrogens with two attached hydrogens (primary N) is 1. The summed E-state index contributed by atoms with van der Waals surface area (Å²) in [5.74, 6) is -2.53. The average Bonchev–Trinajstić information content (AvgIpc) is 3.33. The molecule has 2 aromatic carbocycles. The maximum atomic E-state index is 13.6. The number of primary amides is 1. The summed E-state index contributed by atoms with van der Waals surface area (Å²) in [5, 5.41) is 2.83. The molecule has 0 radical (unpaired) electrons. The number of rotatable bonds is 6. The number of hydrogen-bond donors (Lipinski definition) is 3. The Morgan fingerprint density at radius 3 is 2.46 bits per heavy atom. The predicted octanol–water partition coefficient (Wildman–Crippen LogP) is 4.23. The van der Waals surface area contributed by atoms with Gasteiger partial charge in [-0.25, -0.2) is 28.1 Å². The normalized spacial score (nSPS) is 19.5. The summed E-state index contributed by atoms with van der Waals surface area (Å²) in [6.07, 6.45) is 0.563. The first-order valence-electron chi connectivity index (χ1n) is 11.2. The average molecular weight is 510 g/mol. The number of amides is 1. The highest BCUT2D eigenvalue weighted by Crippen LogP contribution is 2.35. The lowest BCUT2D eigenvalue weighted by molar-refractivity contribution is -0.230. The van der Waals surface area contributed by atoms with E-state index in [1.807, 2.05) is 0 Å². The maximum Gasteiger partial charge on any atom is 0.228 e. The van der Waals surface area contributed by atoms with Gasteiger partial charge in [0.15, 0.2) is 17.5 Å². The van der Waals surface area contributed by atoms with Crippen LogP contribution in [0.25, 0.3) is 22.6 Å². The fraction of sp³-hybridized carbons (Fsp3) is 0.200. The molecule has 0 atom stereocenters. The van der Waals surface area contributed by atoms with E-state index in [-0.39, 0.29) is 24.8 Å². The van der Waals surface area contributed by atoms with Crippen LogP contribution in [0.3, 0.4) is 0 Å². The minimum absolute atomic E-state index is 0.0325. The highest BCUT2D eigenvalue weighted by atomic mass is 19.2. The highest BCUT2D eigenvalue weighted by molar-refractivity contribution is 5.81. The Morgan fingerprint density at radius 1 is 1.05 bits per heavy atom. The first kappa shape index (κ1) is 24.4. The van der Waals surface area contributed by atoms with Gasteiger partial charge >= 0.3 is 0 Å². The third-order valence-corrected chi connectivity index (χ3v) is 5.85. The van der Waals surface area contributed by atoms with Crippen LogP contribution in [0.4, 0.5) is 24.8 Å². The summed E-state index contributed by atoms with van der Waals surface area (Å²) in [7, 11) is 0. The number of anilines is 2. The minimum atomic E-state index is -1.02.